The summed E-state index contributed by atoms with van der Waals surface area (Å²) < 4.78 is 39.8. The van der Waals surface area contributed by atoms with Crippen molar-refractivity contribution < 1.29 is 17.6 Å². The van der Waals surface area contributed by atoms with Crippen molar-refractivity contribution >= 4 is 27.0 Å². The summed E-state index contributed by atoms with van der Waals surface area (Å²) in [4.78, 5) is 4.62. The molecule has 0 fully saturated rings. The maximum Gasteiger partial charge on any atom is 0.274 e. The summed E-state index contributed by atoms with van der Waals surface area (Å²) in [6, 6.07) is 18.1. The normalized spacial score (nSPS) is 11.5. The third-order valence-corrected chi connectivity index (χ3v) is 8.03. The Bertz CT molecular complexity index is 1280. The molecule has 2 aromatic heterocycles. The summed E-state index contributed by atoms with van der Waals surface area (Å²) in [5, 5.41) is 1.75. The Hall–Kier alpha value is -3.10. The molecule has 0 bridgehead atoms. The monoisotopic (exact) mass is 454 g/mol. The van der Waals surface area contributed by atoms with Crippen LogP contribution in [-0.4, -0.2) is 20.5 Å². The van der Waals surface area contributed by atoms with Crippen LogP contribution in [0.3, 0.4) is 0 Å². The van der Waals surface area contributed by atoms with Crippen molar-refractivity contribution in [1.29, 1.82) is 0 Å². The topological polar surface area (TPSA) is 72.6 Å². The van der Waals surface area contributed by atoms with Crippen molar-refractivity contribution in [3.63, 3.8) is 0 Å². The molecular formula is C23H22N2O4S2. The Morgan fingerprint density at radius 2 is 1.77 bits per heavy atom. The van der Waals surface area contributed by atoms with Gasteiger partial charge in [0.05, 0.1) is 24.9 Å². The smallest absolute Gasteiger partial charge is 0.274 e. The molecule has 0 unspecified atom stereocenters. The predicted octanol–water partition coefficient (Wildman–Crippen LogP) is 5.42. The summed E-state index contributed by atoms with van der Waals surface area (Å²) >= 11 is 1.19. The molecule has 8 heteroatoms. The van der Waals surface area contributed by atoms with E-state index in [1.807, 2.05) is 43.3 Å². The van der Waals surface area contributed by atoms with E-state index in [1.165, 1.54) is 15.6 Å². The molecule has 0 amide bonds. The SMILES string of the molecule is COc1ccccc1-c1nc(CN(c2ccc(C)cc2)S(=O)(=O)c2cccs2)c(C)o1. The van der Waals surface area contributed by atoms with Crippen molar-refractivity contribution in [2.45, 2.75) is 24.6 Å². The minimum absolute atomic E-state index is 0.0494. The molecule has 31 heavy (non-hydrogen) atoms. The summed E-state index contributed by atoms with van der Waals surface area (Å²) in [6.07, 6.45) is 0. The first kappa shape index (κ1) is 21.1. The van der Waals surface area contributed by atoms with Gasteiger partial charge in [0.1, 0.15) is 21.4 Å². The lowest BCUT2D eigenvalue weighted by atomic mass is 10.2. The Labute approximate surface area is 185 Å². The lowest BCUT2D eigenvalue weighted by molar-refractivity contribution is 0.414. The maximum absolute atomic E-state index is 13.4. The van der Waals surface area contributed by atoms with E-state index in [1.54, 1.807) is 43.7 Å². The molecule has 4 aromatic rings. The number of hydrogen-bond donors (Lipinski definition) is 0. The first-order valence-corrected chi connectivity index (χ1v) is 11.9. The summed E-state index contributed by atoms with van der Waals surface area (Å²) in [7, 11) is -2.18. The molecule has 0 atom stereocenters. The van der Waals surface area contributed by atoms with Gasteiger partial charge in [0.25, 0.3) is 10.0 Å². The number of anilines is 1. The molecule has 0 aliphatic carbocycles. The largest absolute Gasteiger partial charge is 0.496 e. The molecule has 2 heterocycles. The van der Waals surface area contributed by atoms with Gasteiger partial charge < -0.3 is 9.15 Å². The zero-order valence-electron chi connectivity index (χ0n) is 17.4. The van der Waals surface area contributed by atoms with Crippen LogP contribution >= 0.6 is 11.3 Å². The van der Waals surface area contributed by atoms with Crippen molar-refractivity contribution in [2.24, 2.45) is 0 Å². The molecular weight excluding hydrogens is 432 g/mol. The zero-order chi connectivity index (χ0) is 22.0. The van der Waals surface area contributed by atoms with Crippen molar-refractivity contribution in [3.05, 3.63) is 83.1 Å². The standard InChI is InChI=1S/C23H22N2O4S2/c1-16-10-12-18(13-11-16)25(31(26,27)22-9-6-14-30-22)15-20-17(2)29-23(24-20)19-7-4-5-8-21(19)28-3/h4-14H,15H2,1-3H3. The number of oxazole rings is 1. The first-order valence-electron chi connectivity index (χ1n) is 9.63. The second-order valence-corrected chi connectivity index (χ2v) is 10.0. The fourth-order valence-corrected chi connectivity index (χ4v) is 5.72. The third kappa shape index (κ3) is 4.22. The molecule has 0 aliphatic heterocycles. The van der Waals surface area contributed by atoms with E-state index >= 15 is 0 Å². The van der Waals surface area contributed by atoms with E-state index in [-0.39, 0.29) is 10.8 Å². The molecule has 0 saturated carbocycles. The van der Waals surface area contributed by atoms with Crippen molar-refractivity contribution in [2.75, 3.05) is 11.4 Å². The second kappa shape index (κ2) is 8.56. The summed E-state index contributed by atoms with van der Waals surface area (Å²) in [6.45, 7) is 3.79. The van der Waals surface area contributed by atoms with Gasteiger partial charge in [-0.1, -0.05) is 35.9 Å². The van der Waals surface area contributed by atoms with Crippen LogP contribution in [0.1, 0.15) is 17.0 Å². The molecule has 6 nitrogen and oxygen atoms in total. The molecule has 0 aliphatic rings. The van der Waals surface area contributed by atoms with Crippen LogP contribution in [0, 0.1) is 13.8 Å². The van der Waals surface area contributed by atoms with E-state index in [9.17, 15) is 8.42 Å². The van der Waals surface area contributed by atoms with E-state index in [2.05, 4.69) is 4.98 Å². The highest BCUT2D eigenvalue weighted by Crippen LogP contribution is 2.33. The van der Waals surface area contributed by atoms with Crippen LogP contribution in [0.4, 0.5) is 5.69 Å². The highest BCUT2D eigenvalue weighted by molar-refractivity contribution is 7.94. The van der Waals surface area contributed by atoms with Gasteiger partial charge in [-0.2, -0.15) is 0 Å². The first-order chi connectivity index (χ1) is 14.9. The fourth-order valence-electron chi connectivity index (χ4n) is 3.19. The van der Waals surface area contributed by atoms with Crippen LogP contribution in [0.5, 0.6) is 5.75 Å². The Kier molecular flexibility index (Phi) is 5.84. The molecule has 0 radical (unpaired) electrons. The third-order valence-electron chi connectivity index (χ3n) is 4.88. The predicted molar refractivity (Wildman–Crippen MR) is 122 cm³/mol. The molecule has 0 saturated heterocycles. The maximum atomic E-state index is 13.4. The van der Waals surface area contributed by atoms with Gasteiger partial charge in [0, 0.05) is 0 Å². The van der Waals surface area contributed by atoms with Gasteiger partial charge >= 0.3 is 0 Å². The number of hydrogen-bond acceptors (Lipinski definition) is 6. The number of rotatable bonds is 7. The number of aryl methyl sites for hydroxylation is 2. The average Bonchev–Trinajstić information content (AvgIpc) is 3.43. The molecule has 2 aromatic carbocycles. The van der Waals surface area contributed by atoms with Gasteiger partial charge in [-0.3, -0.25) is 4.31 Å². The molecule has 160 valence electrons. The van der Waals surface area contributed by atoms with Gasteiger partial charge in [-0.15, -0.1) is 11.3 Å². The van der Waals surface area contributed by atoms with E-state index in [0.29, 0.717) is 34.3 Å². The number of para-hydroxylation sites is 1. The highest BCUT2D eigenvalue weighted by Gasteiger charge is 2.28. The summed E-state index contributed by atoms with van der Waals surface area (Å²) in [5.41, 5.74) is 2.87. The van der Waals surface area contributed by atoms with E-state index < -0.39 is 10.0 Å². The van der Waals surface area contributed by atoms with Gasteiger partial charge in [0.2, 0.25) is 5.89 Å². The number of benzene rings is 2. The molecule has 0 N–H and O–H groups in total. The van der Waals surface area contributed by atoms with Crippen LogP contribution in [0.15, 0.2) is 74.7 Å². The second-order valence-electron chi connectivity index (χ2n) is 7.00. The minimum atomic E-state index is -3.76. The lowest BCUT2D eigenvalue weighted by Crippen LogP contribution is -2.30. The Morgan fingerprint density at radius 1 is 1.03 bits per heavy atom. The fraction of sp³-hybridized carbons (Fsp3) is 0.174. The average molecular weight is 455 g/mol. The highest BCUT2D eigenvalue weighted by atomic mass is 32.2. The van der Waals surface area contributed by atoms with Crippen LogP contribution in [0.25, 0.3) is 11.5 Å². The number of methoxy groups -OCH3 is 1. The number of sulfonamides is 1. The Balaban J connectivity index is 1.76. The molecule has 0 spiro atoms. The Morgan fingerprint density at radius 3 is 2.45 bits per heavy atom. The van der Waals surface area contributed by atoms with Gasteiger partial charge in [-0.05, 0) is 49.6 Å². The molecule has 4 rings (SSSR count). The number of aromatic nitrogens is 1. The van der Waals surface area contributed by atoms with Gasteiger partial charge in [0.15, 0.2) is 0 Å². The van der Waals surface area contributed by atoms with E-state index in [4.69, 9.17) is 9.15 Å². The number of nitrogens with zero attached hydrogens (tertiary/aromatic N) is 2. The van der Waals surface area contributed by atoms with Crippen LogP contribution in [-0.2, 0) is 16.6 Å². The van der Waals surface area contributed by atoms with Crippen LogP contribution in [0.2, 0.25) is 0 Å². The minimum Gasteiger partial charge on any atom is -0.496 e. The lowest BCUT2D eigenvalue weighted by Gasteiger charge is -2.23. The van der Waals surface area contributed by atoms with Crippen molar-refractivity contribution in [3.8, 4) is 17.2 Å². The zero-order valence-corrected chi connectivity index (χ0v) is 19.0. The summed E-state index contributed by atoms with van der Waals surface area (Å²) in [5.74, 6) is 1.58. The quantitative estimate of drug-likeness (QED) is 0.373. The van der Waals surface area contributed by atoms with E-state index in [0.717, 1.165) is 5.56 Å². The van der Waals surface area contributed by atoms with Crippen LogP contribution < -0.4 is 9.04 Å². The van der Waals surface area contributed by atoms with Gasteiger partial charge in [-0.25, -0.2) is 13.4 Å². The number of thiophene rings is 1. The number of ether oxygens (including phenoxy) is 1. The van der Waals surface area contributed by atoms with Crippen molar-refractivity contribution in [1.82, 2.24) is 4.98 Å².